The van der Waals surface area contributed by atoms with Crippen LogP contribution in [0.4, 0.5) is 0 Å². The van der Waals surface area contributed by atoms with Gasteiger partial charge in [-0.25, -0.2) is 0 Å². The molecule has 0 radical (unpaired) electrons. The lowest BCUT2D eigenvalue weighted by atomic mass is 9.93. The summed E-state index contributed by atoms with van der Waals surface area (Å²) in [6, 6.07) is 0.573. The van der Waals surface area contributed by atoms with Crippen molar-refractivity contribution in [3.63, 3.8) is 0 Å². The fraction of sp³-hybridized carbons (Fsp3) is 0.929. The highest BCUT2D eigenvalue weighted by Gasteiger charge is 2.29. The Morgan fingerprint density at radius 2 is 2.00 bits per heavy atom. The molecule has 3 heteroatoms. The molecule has 1 rings (SSSR count). The molecule has 1 fully saturated rings. The second-order valence-electron chi connectivity index (χ2n) is 6.07. The van der Waals surface area contributed by atoms with E-state index in [1.54, 1.807) is 0 Å². The lowest BCUT2D eigenvalue weighted by Crippen LogP contribution is -2.41. The van der Waals surface area contributed by atoms with Crippen molar-refractivity contribution in [1.29, 1.82) is 0 Å². The molecule has 0 aliphatic heterocycles. The van der Waals surface area contributed by atoms with E-state index in [0.717, 1.165) is 5.92 Å². The average molecular weight is 241 g/mol. The maximum absolute atomic E-state index is 11.6. The molecule has 0 spiro atoms. The van der Waals surface area contributed by atoms with Gasteiger partial charge in [0.25, 0.3) is 0 Å². The van der Waals surface area contributed by atoms with E-state index >= 15 is 0 Å². The van der Waals surface area contributed by atoms with Gasteiger partial charge in [-0.05, 0) is 39.0 Å². The summed E-state index contributed by atoms with van der Waals surface area (Å²) in [6.45, 7) is 6.91. The van der Waals surface area contributed by atoms with Crippen molar-refractivity contribution in [2.75, 3.05) is 13.7 Å². The molecule has 0 amide bonds. The van der Waals surface area contributed by atoms with Gasteiger partial charge in [0.15, 0.2) is 0 Å². The Hall–Kier alpha value is -0.570. The second-order valence-corrected chi connectivity index (χ2v) is 6.07. The number of methoxy groups -OCH3 is 1. The van der Waals surface area contributed by atoms with Crippen LogP contribution in [0.25, 0.3) is 0 Å². The van der Waals surface area contributed by atoms with Crippen LogP contribution < -0.4 is 5.32 Å². The van der Waals surface area contributed by atoms with E-state index < -0.39 is 5.41 Å². The zero-order chi connectivity index (χ0) is 12.9. The van der Waals surface area contributed by atoms with Crippen LogP contribution in [0.5, 0.6) is 0 Å². The predicted octanol–water partition coefficient (Wildman–Crippen LogP) is 2.74. The van der Waals surface area contributed by atoms with E-state index in [9.17, 15) is 4.79 Å². The number of hydrogen-bond acceptors (Lipinski definition) is 3. The van der Waals surface area contributed by atoms with Gasteiger partial charge in [0.1, 0.15) is 0 Å². The molecule has 2 unspecified atom stereocenters. The van der Waals surface area contributed by atoms with Crippen molar-refractivity contribution >= 4 is 5.97 Å². The first-order valence-electron chi connectivity index (χ1n) is 6.77. The summed E-state index contributed by atoms with van der Waals surface area (Å²) in [7, 11) is 1.46. The highest BCUT2D eigenvalue weighted by atomic mass is 16.5. The third-order valence-electron chi connectivity index (χ3n) is 3.83. The van der Waals surface area contributed by atoms with Crippen molar-refractivity contribution < 1.29 is 9.53 Å². The van der Waals surface area contributed by atoms with E-state index in [1.807, 2.05) is 13.8 Å². The molecule has 3 nitrogen and oxygen atoms in total. The predicted molar refractivity (Wildman–Crippen MR) is 69.8 cm³/mol. The maximum atomic E-state index is 11.6. The number of nitrogens with one attached hydrogen (secondary N) is 1. The summed E-state index contributed by atoms with van der Waals surface area (Å²) in [6.07, 6.45) is 6.42. The Bertz CT molecular complexity index is 251. The standard InChI is InChI=1S/C14H27NO2/c1-11-6-5-7-12(9-8-11)15-10-14(2,3)13(16)17-4/h11-12,15H,5-10H2,1-4H3. The van der Waals surface area contributed by atoms with Crippen LogP contribution in [-0.2, 0) is 9.53 Å². The smallest absolute Gasteiger partial charge is 0.312 e. The van der Waals surface area contributed by atoms with Gasteiger partial charge in [-0.3, -0.25) is 4.79 Å². The van der Waals surface area contributed by atoms with Gasteiger partial charge in [-0.1, -0.05) is 19.8 Å². The number of rotatable bonds is 4. The lowest BCUT2D eigenvalue weighted by molar-refractivity contribution is -0.150. The quantitative estimate of drug-likeness (QED) is 0.607. The molecule has 0 aromatic rings. The first kappa shape index (κ1) is 14.5. The van der Waals surface area contributed by atoms with Crippen LogP contribution >= 0.6 is 0 Å². The van der Waals surface area contributed by atoms with Crippen molar-refractivity contribution in [3.05, 3.63) is 0 Å². The Morgan fingerprint density at radius 3 is 2.65 bits per heavy atom. The zero-order valence-electron chi connectivity index (χ0n) is 11.7. The minimum Gasteiger partial charge on any atom is -0.469 e. The van der Waals surface area contributed by atoms with Gasteiger partial charge in [-0.2, -0.15) is 0 Å². The van der Waals surface area contributed by atoms with Crippen LogP contribution in [-0.4, -0.2) is 25.7 Å². The summed E-state index contributed by atoms with van der Waals surface area (Å²) in [5.74, 6) is 0.724. The van der Waals surface area contributed by atoms with E-state index in [2.05, 4.69) is 12.2 Å². The highest BCUT2D eigenvalue weighted by molar-refractivity contribution is 5.76. The molecule has 1 aliphatic carbocycles. The molecule has 0 bridgehead atoms. The third-order valence-corrected chi connectivity index (χ3v) is 3.83. The van der Waals surface area contributed by atoms with Crippen LogP contribution in [0.3, 0.4) is 0 Å². The Morgan fingerprint density at radius 1 is 1.29 bits per heavy atom. The van der Waals surface area contributed by atoms with E-state index in [0.29, 0.717) is 12.6 Å². The first-order valence-corrected chi connectivity index (χ1v) is 6.77. The van der Waals surface area contributed by atoms with Gasteiger partial charge in [0.2, 0.25) is 0 Å². The molecular weight excluding hydrogens is 214 g/mol. The molecule has 0 heterocycles. The zero-order valence-corrected chi connectivity index (χ0v) is 11.7. The van der Waals surface area contributed by atoms with Crippen LogP contribution in [0.15, 0.2) is 0 Å². The fourth-order valence-electron chi connectivity index (χ4n) is 2.44. The van der Waals surface area contributed by atoms with Gasteiger partial charge in [0.05, 0.1) is 12.5 Å². The minimum absolute atomic E-state index is 0.132. The van der Waals surface area contributed by atoms with Crippen molar-refractivity contribution in [1.82, 2.24) is 5.32 Å². The maximum Gasteiger partial charge on any atom is 0.312 e. The molecule has 1 aliphatic rings. The SMILES string of the molecule is COC(=O)C(C)(C)CNC1CCCC(C)CC1. The number of carbonyl (C=O) groups is 1. The van der Waals surface area contributed by atoms with E-state index in [4.69, 9.17) is 4.74 Å². The summed E-state index contributed by atoms with van der Waals surface area (Å²) in [4.78, 5) is 11.6. The number of carbonyl (C=O) groups excluding carboxylic acids is 1. The second kappa shape index (κ2) is 6.39. The normalized spacial score (nSPS) is 26.4. The number of ether oxygens (including phenoxy) is 1. The first-order chi connectivity index (χ1) is 7.95. The Kier molecular flexibility index (Phi) is 5.44. The van der Waals surface area contributed by atoms with Crippen molar-refractivity contribution in [2.45, 2.75) is 58.9 Å². The molecule has 0 saturated heterocycles. The summed E-state index contributed by atoms with van der Waals surface area (Å²) < 4.78 is 4.82. The highest BCUT2D eigenvalue weighted by Crippen LogP contribution is 2.23. The molecular formula is C14H27NO2. The molecule has 2 atom stereocenters. The average Bonchev–Trinajstić information content (AvgIpc) is 2.50. The molecule has 17 heavy (non-hydrogen) atoms. The summed E-state index contributed by atoms with van der Waals surface area (Å²) >= 11 is 0. The lowest BCUT2D eigenvalue weighted by Gasteiger charge is -2.25. The number of esters is 1. The third kappa shape index (κ3) is 4.66. The van der Waals surface area contributed by atoms with E-state index in [1.165, 1.54) is 39.2 Å². The van der Waals surface area contributed by atoms with Crippen LogP contribution in [0, 0.1) is 11.3 Å². The number of hydrogen-bond donors (Lipinski definition) is 1. The van der Waals surface area contributed by atoms with Gasteiger partial charge < -0.3 is 10.1 Å². The molecule has 1 N–H and O–H groups in total. The van der Waals surface area contributed by atoms with E-state index in [-0.39, 0.29) is 5.97 Å². The monoisotopic (exact) mass is 241 g/mol. The molecule has 1 saturated carbocycles. The summed E-state index contributed by atoms with van der Waals surface area (Å²) in [5.41, 5.74) is -0.424. The minimum atomic E-state index is -0.424. The van der Waals surface area contributed by atoms with Crippen molar-refractivity contribution in [2.24, 2.45) is 11.3 Å². The summed E-state index contributed by atoms with van der Waals surface area (Å²) in [5, 5.41) is 3.54. The van der Waals surface area contributed by atoms with Crippen LogP contribution in [0.1, 0.15) is 52.9 Å². The molecule has 0 aromatic heterocycles. The molecule has 0 aromatic carbocycles. The van der Waals surface area contributed by atoms with Crippen molar-refractivity contribution in [3.8, 4) is 0 Å². The fourth-order valence-corrected chi connectivity index (χ4v) is 2.44. The van der Waals surface area contributed by atoms with Gasteiger partial charge in [0, 0.05) is 12.6 Å². The largest absolute Gasteiger partial charge is 0.469 e. The van der Waals surface area contributed by atoms with Gasteiger partial charge in [-0.15, -0.1) is 0 Å². The molecule has 100 valence electrons. The van der Waals surface area contributed by atoms with Crippen LogP contribution in [0.2, 0.25) is 0 Å². The Balaban J connectivity index is 2.36. The Labute approximate surface area is 105 Å². The van der Waals surface area contributed by atoms with Gasteiger partial charge >= 0.3 is 5.97 Å². The topological polar surface area (TPSA) is 38.3 Å².